The first kappa shape index (κ1) is 24.6. The van der Waals surface area contributed by atoms with Gasteiger partial charge in [0, 0.05) is 46.0 Å². The van der Waals surface area contributed by atoms with E-state index >= 15 is 0 Å². The molecule has 2 heterocycles. The maximum atomic E-state index is 13.4. The molecule has 1 aliphatic carbocycles. The number of rotatable bonds is 7. The van der Waals surface area contributed by atoms with Gasteiger partial charge in [0.25, 0.3) is 11.8 Å². The van der Waals surface area contributed by atoms with Crippen molar-refractivity contribution in [2.75, 3.05) is 11.9 Å². The Balaban J connectivity index is 1.72. The molecule has 12 heteroatoms. The molecule has 4 rings (SSSR count). The van der Waals surface area contributed by atoms with Crippen molar-refractivity contribution >= 4 is 73.7 Å². The number of aromatic nitrogens is 3. The molecule has 1 saturated carbocycles. The fourth-order valence-electron chi connectivity index (χ4n) is 3.29. The highest BCUT2D eigenvalue weighted by molar-refractivity contribution is 9.10. The van der Waals surface area contributed by atoms with Gasteiger partial charge in [-0.3, -0.25) is 9.59 Å². The van der Waals surface area contributed by atoms with E-state index in [2.05, 4.69) is 36.6 Å². The summed E-state index contributed by atoms with van der Waals surface area (Å²) in [6.45, 7) is 2.20. The second-order valence-electron chi connectivity index (χ2n) is 7.40. The average Bonchev–Trinajstić information content (AvgIpc) is 3.18. The Kier molecular flexibility index (Phi) is 7.51. The number of nitrogens with zero attached hydrogens (tertiary/aromatic N) is 3. The summed E-state index contributed by atoms with van der Waals surface area (Å²) >= 11 is 21.0. The van der Waals surface area contributed by atoms with E-state index in [1.807, 2.05) is 0 Å². The molecule has 0 bridgehead atoms. The van der Waals surface area contributed by atoms with Crippen LogP contribution in [0.15, 0.2) is 41.0 Å². The summed E-state index contributed by atoms with van der Waals surface area (Å²) in [6.07, 6.45) is 2.75. The van der Waals surface area contributed by atoms with E-state index in [4.69, 9.17) is 40.2 Å². The predicted octanol–water partition coefficient (Wildman–Crippen LogP) is 5.25. The molecule has 176 valence electrons. The van der Waals surface area contributed by atoms with Crippen LogP contribution in [0, 0.1) is 0 Å². The van der Waals surface area contributed by atoms with Crippen molar-refractivity contribution in [3.63, 3.8) is 0 Å². The van der Waals surface area contributed by atoms with E-state index < -0.39 is 5.91 Å². The molecular weight excluding hydrogens is 565 g/mol. The maximum Gasteiger partial charge on any atom is 0.274 e. The van der Waals surface area contributed by atoms with Gasteiger partial charge in [0.1, 0.15) is 11.8 Å². The number of hydrogen-bond donors (Lipinski definition) is 2. The zero-order chi connectivity index (χ0) is 24.4. The van der Waals surface area contributed by atoms with Gasteiger partial charge in [-0.05, 0) is 47.1 Å². The highest BCUT2D eigenvalue weighted by atomic mass is 79.9. The zero-order valence-electron chi connectivity index (χ0n) is 17.8. The lowest BCUT2D eigenvalue weighted by molar-refractivity contribution is 0.0956. The molecule has 0 aliphatic heterocycles. The fraction of sp³-hybridized carbons (Fsp3) is 0.227. The zero-order valence-corrected chi connectivity index (χ0v) is 21.7. The molecule has 0 unspecified atom stereocenters. The van der Waals surface area contributed by atoms with Crippen molar-refractivity contribution in [1.29, 1.82) is 0 Å². The van der Waals surface area contributed by atoms with Gasteiger partial charge in [0.2, 0.25) is 5.88 Å². The van der Waals surface area contributed by atoms with Crippen molar-refractivity contribution in [2.45, 2.75) is 25.9 Å². The van der Waals surface area contributed by atoms with Gasteiger partial charge in [0.05, 0.1) is 16.3 Å². The first-order valence-corrected chi connectivity index (χ1v) is 12.2. The number of pyridine rings is 1. The van der Waals surface area contributed by atoms with Crippen molar-refractivity contribution in [3.05, 3.63) is 62.3 Å². The quantitative estimate of drug-likeness (QED) is 0.369. The maximum absolute atomic E-state index is 13.4. The smallest absolute Gasteiger partial charge is 0.274 e. The van der Waals surface area contributed by atoms with Crippen LogP contribution in [0.4, 0.5) is 5.69 Å². The standard InChI is InChI=1S/C22H18BrCl2N5O3S/c1-2-26-21(31)14-6-11(24)7-15(23)19(14)28-22(32)17-10-18(33-12-8-13(34)9-12)29-30(17)20-16(25)4-3-5-27-20/h3-7,10,12H,2,8-9H2,1H3,(H,26,31)(H,28,32). The summed E-state index contributed by atoms with van der Waals surface area (Å²) in [5.41, 5.74) is 0.573. The van der Waals surface area contributed by atoms with E-state index in [1.54, 1.807) is 31.3 Å². The summed E-state index contributed by atoms with van der Waals surface area (Å²) in [5.74, 6) is -0.445. The van der Waals surface area contributed by atoms with Crippen LogP contribution in [-0.2, 0) is 0 Å². The van der Waals surface area contributed by atoms with E-state index in [-0.39, 0.29) is 40.7 Å². The lowest BCUT2D eigenvalue weighted by Crippen LogP contribution is -2.32. The lowest BCUT2D eigenvalue weighted by atomic mass is 9.96. The minimum absolute atomic E-state index is 0.0966. The molecule has 34 heavy (non-hydrogen) atoms. The molecule has 1 aromatic carbocycles. The number of carbonyl (C=O) groups is 2. The Morgan fingerprint density at radius 2 is 2.03 bits per heavy atom. The largest absolute Gasteiger partial charge is 0.473 e. The molecule has 3 aromatic rings. The molecule has 2 N–H and O–H groups in total. The molecule has 8 nitrogen and oxygen atoms in total. The Labute approximate surface area is 219 Å². The third-order valence-corrected chi connectivity index (χ3v) is 6.40. The Morgan fingerprint density at radius 1 is 1.26 bits per heavy atom. The number of thiocarbonyl (C=S) groups is 1. The summed E-state index contributed by atoms with van der Waals surface area (Å²) < 4.78 is 7.62. The topological polar surface area (TPSA) is 98.1 Å². The minimum Gasteiger partial charge on any atom is -0.473 e. The van der Waals surface area contributed by atoms with E-state index in [9.17, 15) is 9.59 Å². The van der Waals surface area contributed by atoms with E-state index in [1.165, 1.54) is 16.8 Å². The van der Waals surface area contributed by atoms with Crippen molar-refractivity contribution < 1.29 is 14.3 Å². The van der Waals surface area contributed by atoms with Crippen LogP contribution in [-0.4, -0.2) is 44.1 Å². The highest BCUT2D eigenvalue weighted by Gasteiger charge is 2.28. The van der Waals surface area contributed by atoms with Gasteiger partial charge >= 0.3 is 0 Å². The van der Waals surface area contributed by atoms with E-state index in [0.29, 0.717) is 33.9 Å². The molecule has 0 radical (unpaired) electrons. The second kappa shape index (κ2) is 10.4. The lowest BCUT2D eigenvalue weighted by Gasteiger charge is -2.26. The van der Waals surface area contributed by atoms with Crippen LogP contribution in [0.3, 0.4) is 0 Å². The number of anilines is 1. The Morgan fingerprint density at radius 3 is 2.71 bits per heavy atom. The van der Waals surface area contributed by atoms with Crippen LogP contribution in [0.2, 0.25) is 10.0 Å². The molecule has 0 saturated heterocycles. The summed E-state index contributed by atoms with van der Waals surface area (Å²) in [7, 11) is 0. The third-order valence-electron chi connectivity index (χ3n) is 4.93. The first-order chi connectivity index (χ1) is 16.3. The van der Waals surface area contributed by atoms with Crippen LogP contribution in [0.1, 0.15) is 40.6 Å². The normalized spacial score (nSPS) is 13.4. The third kappa shape index (κ3) is 5.25. The van der Waals surface area contributed by atoms with Gasteiger partial charge in [-0.15, -0.1) is 5.10 Å². The SMILES string of the molecule is CCNC(=O)c1cc(Cl)cc(Br)c1NC(=O)c1cc(OC2CC(=S)C2)nn1-c1ncccc1Cl. The number of nitrogens with one attached hydrogen (secondary N) is 2. The summed E-state index contributed by atoms with van der Waals surface area (Å²) in [5, 5.41) is 10.5. The second-order valence-corrected chi connectivity index (χ2v) is 9.67. The molecule has 1 aliphatic rings. The van der Waals surface area contributed by atoms with Crippen molar-refractivity contribution in [3.8, 4) is 11.7 Å². The Hall–Kier alpha value is -2.53. The van der Waals surface area contributed by atoms with Crippen molar-refractivity contribution in [1.82, 2.24) is 20.1 Å². The number of amides is 2. The van der Waals surface area contributed by atoms with Gasteiger partial charge < -0.3 is 15.4 Å². The van der Waals surface area contributed by atoms with E-state index in [0.717, 1.165) is 4.86 Å². The number of hydrogen-bond acceptors (Lipinski definition) is 6. The summed E-state index contributed by atoms with van der Waals surface area (Å²) in [4.78, 5) is 31.2. The van der Waals surface area contributed by atoms with Crippen molar-refractivity contribution in [2.24, 2.45) is 0 Å². The summed E-state index contributed by atoms with van der Waals surface area (Å²) in [6, 6.07) is 7.87. The first-order valence-electron chi connectivity index (χ1n) is 10.2. The van der Waals surface area contributed by atoms with Crippen LogP contribution < -0.4 is 15.4 Å². The van der Waals surface area contributed by atoms with Gasteiger partial charge in [-0.2, -0.15) is 0 Å². The Bertz CT molecular complexity index is 1290. The number of carbonyl (C=O) groups excluding carboxylic acids is 2. The van der Waals surface area contributed by atoms with Gasteiger partial charge in [0.15, 0.2) is 5.82 Å². The average molecular weight is 583 g/mol. The van der Waals surface area contributed by atoms with Crippen LogP contribution in [0.5, 0.6) is 5.88 Å². The number of halogens is 3. The fourth-order valence-corrected chi connectivity index (χ4v) is 4.77. The van der Waals surface area contributed by atoms with Gasteiger partial charge in [-0.1, -0.05) is 35.4 Å². The van der Waals surface area contributed by atoms with Gasteiger partial charge in [-0.25, -0.2) is 9.67 Å². The number of ether oxygens (including phenoxy) is 1. The molecule has 0 spiro atoms. The number of benzene rings is 1. The molecule has 1 fully saturated rings. The highest BCUT2D eigenvalue weighted by Crippen LogP contribution is 2.32. The van der Waals surface area contributed by atoms with Crippen LogP contribution >= 0.6 is 51.3 Å². The minimum atomic E-state index is -0.554. The molecule has 2 aromatic heterocycles. The molecular formula is C22H18BrCl2N5O3S. The molecule has 2 amide bonds. The predicted molar refractivity (Wildman–Crippen MR) is 138 cm³/mol. The molecule has 0 atom stereocenters. The van der Waals surface area contributed by atoms with Crippen LogP contribution in [0.25, 0.3) is 5.82 Å². The monoisotopic (exact) mass is 581 g/mol.